The van der Waals surface area contributed by atoms with Crippen LogP contribution in [-0.2, 0) is 52.4 Å². The van der Waals surface area contributed by atoms with Crippen molar-refractivity contribution in [1.82, 2.24) is 0 Å². The number of hydrogen-bond acceptors (Lipinski definition) is 13. The molecule has 8 rings (SSSR count). The van der Waals surface area contributed by atoms with Gasteiger partial charge in [0.15, 0.2) is 11.4 Å². The average molecular weight is 717 g/mol. The van der Waals surface area contributed by atoms with E-state index in [1.165, 1.54) is 20.8 Å². The molecule has 5 aliphatic carbocycles. The number of ether oxygens (including phenoxy) is 6. The van der Waals surface area contributed by atoms with Gasteiger partial charge in [0.1, 0.15) is 36.6 Å². The molecule has 8 fully saturated rings. The van der Waals surface area contributed by atoms with Crippen LogP contribution in [0.3, 0.4) is 0 Å². The van der Waals surface area contributed by atoms with Crippen molar-refractivity contribution in [3.63, 3.8) is 0 Å². The monoisotopic (exact) mass is 716 g/mol. The molecule has 3 saturated heterocycles. The van der Waals surface area contributed by atoms with E-state index in [9.17, 15) is 34.2 Å². The van der Waals surface area contributed by atoms with E-state index in [1.807, 2.05) is 27.7 Å². The Balaban J connectivity index is 1.39. The van der Waals surface area contributed by atoms with Crippen LogP contribution in [0.5, 0.6) is 0 Å². The van der Waals surface area contributed by atoms with E-state index in [0.29, 0.717) is 6.42 Å². The second-order valence-electron chi connectivity index (χ2n) is 19.0. The fourth-order valence-electron chi connectivity index (χ4n) is 13.6. The lowest BCUT2D eigenvalue weighted by Crippen LogP contribution is -2.72. The molecule has 8 aliphatic rings. The fourth-order valence-corrected chi connectivity index (χ4v) is 13.6. The van der Waals surface area contributed by atoms with Gasteiger partial charge < -0.3 is 38.6 Å². The van der Waals surface area contributed by atoms with Crippen molar-refractivity contribution in [3.8, 4) is 0 Å². The predicted molar refractivity (Wildman–Crippen MR) is 173 cm³/mol. The number of fused-ring (bicyclic) bond motifs is 9. The zero-order valence-corrected chi connectivity index (χ0v) is 31.3. The third-order valence-electron chi connectivity index (χ3n) is 15.6. The van der Waals surface area contributed by atoms with E-state index >= 15 is 0 Å². The molecule has 2 N–H and O–H groups in total. The van der Waals surface area contributed by atoms with Crippen LogP contribution in [0.2, 0.25) is 0 Å². The van der Waals surface area contributed by atoms with Gasteiger partial charge in [-0.25, -0.2) is 4.79 Å². The number of rotatable bonds is 3. The quantitative estimate of drug-likeness (QED) is 0.246. The Labute approximate surface area is 297 Å². The molecule has 3 aliphatic heterocycles. The van der Waals surface area contributed by atoms with Crippen LogP contribution in [0.25, 0.3) is 0 Å². The van der Waals surface area contributed by atoms with E-state index in [1.54, 1.807) is 27.7 Å². The number of aliphatic hydroxyl groups excluding tert-OH is 1. The summed E-state index contributed by atoms with van der Waals surface area (Å²) in [6, 6.07) is 0. The topological polar surface area (TPSA) is 188 Å². The van der Waals surface area contributed by atoms with E-state index in [4.69, 9.17) is 28.4 Å². The molecule has 0 bridgehead atoms. The first-order valence-corrected chi connectivity index (χ1v) is 18.5. The number of ketones is 1. The molecule has 0 aromatic heterocycles. The standard InChI is InChI=1S/C38H52O13/c1-13-20-19(25(42)24(41)17-12-18-26(48-18)30(34(17,20)8)47-16(4)40)22-27(49-31(43)33(5,6)7)23-21(35(22,9)28(13)46-15(3)39)14(2)29-38(50-29)36(23,10)37(11,45)32(44)51-38/h13-14,17-23,25-30,42,45H,12H2,1-11H3/t13-,14-,17+,18-,19+,20-,21-,22+,23-,25+,26-,27+,28-,29+,30-,34-,35+,36-,37+,38-/m0/s1. The Kier molecular flexibility index (Phi) is 7.03. The van der Waals surface area contributed by atoms with Gasteiger partial charge in [-0.3, -0.25) is 19.2 Å². The van der Waals surface area contributed by atoms with E-state index < -0.39 is 141 Å². The van der Waals surface area contributed by atoms with Crippen molar-refractivity contribution in [1.29, 1.82) is 0 Å². The minimum atomic E-state index is -2.08. The maximum atomic E-state index is 14.6. The van der Waals surface area contributed by atoms with Crippen molar-refractivity contribution < 1.29 is 62.6 Å². The van der Waals surface area contributed by atoms with Gasteiger partial charge in [0, 0.05) is 48.3 Å². The maximum absolute atomic E-state index is 14.6. The number of carbonyl (C=O) groups excluding carboxylic acids is 5. The van der Waals surface area contributed by atoms with Gasteiger partial charge in [0.05, 0.1) is 16.9 Å². The molecule has 13 nitrogen and oxygen atoms in total. The number of aliphatic hydroxyl groups is 2. The molecule has 0 amide bonds. The molecule has 20 atom stereocenters. The van der Waals surface area contributed by atoms with E-state index in [-0.39, 0.29) is 12.0 Å². The van der Waals surface area contributed by atoms with Gasteiger partial charge in [-0.1, -0.05) is 27.7 Å². The summed E-state index contributed by atoms with van der Waals surface area (Å²) in [6.07, 6.45) is -5.28. The van der Waals surface area contributed by atoms with Crippen LogP contribution in [0.4, 0.5) is 0 Å². The number of hydrogen-bond donors (Lipinski definition) is 2. The van der Waals surface area contributed by atoms with Crippen LogP contribution >= 0.6 is 0 Å². The third-order valence-corrected chi connectivity index (χ3v) is 15.6. The lowest BCUT2D eigenvalue weighted by molar-refractivity contribution is -0.253. The number of carbonyl (C=O) groups is 5. The van der Waals surface area contributed by atoms with E-state index in [0.717, 1.165) is 0 Å². The predicted octanol–water partition coefficient (Wildman–Crippen LogP) is 2.35. The lowest BCUT2D eigenvalue weighted by Gasteiger charge is -2.65. The highest BCUT2D eigenvalue weighted by Gasteiger charge is 2.93. The summed E-state index contributed by atoms with van der Waals surface area (Å²) < 4.78 is 37.4. The van der Waals surface area contributed by atoms with Gasteiger partial charge >= 0.3 is 23.9 Å². The largest absolute Gasteiger partial charge is 0.462 e. The molecule has 0 aromatic carbocycles. The molecule has 0 aromatic rings. The second-order valence-corrected chi connectivity index (χ2v) is 19.0. The summed E-state index contributed by atoms with van der Waals surface area (Å²) in [4.78, 5) is 68.1. The highest BCUT2D eigenvalue weighted by molar-refractivity contribution is 5.88. The Morgan fingerprint density at radius 1 is 0.843 bits per heavy atom. The first-order chi connectivity index (χ1) is 23.4. The Morgan fingerprint density at radius 3 is 2.04 bits per heavy atom. The smallest absolute Gasteiger partial charge is 0.341 e. The molecule has 0 radical (unpaired) electrons. The van der Waals surface area contributed by atoms with E-state index in [2.05, 4.69) is 0 Å². The van der Waals surface area contributed by atoms with Gasteiger partial charge in [-0.05, 0) is 64.7 Å². The molecule has 5 saturated carbocycles. The van der Waals surface area contributed by atoms with Crippen molar-refractivity contribution >= 4 is 29.7 Å². The first-order valence-electron chi connectivity index (χ1n) is 18.5. The normalized spacial score (nSPS) is 57.2. The fraction of sp³-hybridized carbons (Fsp3) is 0.868. The third kappa shape index (κ3) is 3.94. The van der Waals surface area contributed by atoms with Crippen molar-refractivity contribution in [2.75, 3.05) is 0 Å². The highest BCUT2D eigenvalue weighted by atomic mass is 16.8. The minimum absolute atomic E-state index is 0.297. The van der Waals surface area contributed by atoms with Crippen molar-refractivity contribution in [3.05, 3.63) is 0 Å². The van der Waals surface area contributed by atoms with Gasteiger partial charge in [0.2, 0.25) is 5.79 Å². The molecule has 3 heterocycles. The summed E-state index contributed by atoms with van der Waals surface area (Å²) in [7, 11) is 0. The van der Waals surface area contributed by atoms with Crippen LogP contribution in [0.1, 0.15) is 82.6 Å². The number of epoxide rings is 2. The Bertz CT molecular complexity index is 1630. The average Bonchev–Trinajstić information content (AvgIpc) is 3.92. The van der Waals surface area contributed by atoms with Crippen molar-refractivity contribution in [2.45, 2.75) is 137 Å². The summed E-state index contributed by atoms with van der Waals surface area (Å²) in [5.41, 5.74) is -6.67. The Morgan fingerprint density at radius 2 is 1.45 bits per heavy atom. The molecule has 1 spiro atoms. The molecule has 51 heavy (non-hydrogen) atoms. The van der Waals surface area contributed by atoms with Gasteiger partial charge in [-0.2, -0.15) is 0 Å². The molecular weight excluding hydrogens is 664 g/mol. The van der Waals surface area contributed by atoms with Gasteiger partial charge in [-0.15, -0.1) is 0 Å². The molecule has 13 heteroatoms. The SMILES string of the molecule is CC(=O)O[C@H]1[C@@H](C)[C@H]2[C@H]([C@@H]3[C@@H](OC(=O)C(C)(C)C)[C@@H]4[C@H]([C@H](C)[C@H]5O[C@]56OC(=O)[C@@](C)(O)[C@]46C)[C@]31C)[C@@H](O)C(=O)[C@H]1C[C@@H]3O[C@@H]3[C@H](OC(C)=O)[C@]21C. The first kappa shape index (κ1) is 35.4. The van der Waals surface area contributed by atoms with Crippen LogP contribution < -0.4 is 0 Å². The maximum Gasteiger partial charge on any atom is 0.341 e. The molecule has 282 valence electrons. The summed E-state index contributed by atoms with van der Waals surface area (Å²) in [5.74, 6) is -9.54. The summed E-state index contributed by atoms with van der Waals surface area (Å²) in [5, 5.41) is 24.6. The summed E-state index contributed by atoms with van der Waals surface area (Å²) in [6.45, 7) is 18.8. The lowest BCUT2D eigenvalue weighted by atomic mass is 9.39. The minimum Gasteiger partial charge on any atom is -0.462 e. The zero-order chi connectivity index (χ0) is 37.5. The summed E-state index contributed by atoms with van der Waals surface area (Å²) >= 11 is 0. The molecular formula is C38H52O13. The van der Waals surface area contributed by atoms with Gasteiger partial charge in [0.25, 0.3) is 0 Å². The zero-order valence-electron chi connectivity index (χ0n) is 31.3. The number of Topliss-reactive ketones (excluding diaryl/α,β-unsaturated/α-hetero) is 1. The highest BCUT2D eigenvalue weighted by Crippen LogP contribution is 2.81. The second kappa shape index (κ2) is 10.1. The number of esters is 4. The van der Waals surface area contributed by atoms with Crippen molar-refractivity contribution in [2.24, 2.45) is 69.0 Å². The van der Waals surface area contributed by atoms with Crippen LogP contribution in [0, 0.1) is 69.0 Å². The molecule has 0 unspecified atom stereocenters. The van der Waals surface area contributed by atoms with Crippen LogP contribution in [-0.4, -0.2) is 94.0 Å². The van der Waals surface area contributed by atoms with Crippen LogP contribution in [0.15, 0.2) is 0 Å². The Hall–Kier alpha value is -2.61.